The molecule has 4 rings (SSSR count). The van der Waals surface area contributed by atoms with Crippen LogP contribution >= 0.6 is 0 Å². The highest BCUT2D eigenvalue weighted by Crippen LogP contribution is 2.43. The van der Waals surface area contributed by atoms with E-state index in [1.54, 1.807) is 26.2 Å². The second-order valence-electron chi connectivity index (χ2n) is 21.5. The standard InChI is InChI=1S/C55H88N4O11/c1-11-35(4)51(58(8)54(66)44(34(2)3)31-47(63)52-41-21-22-42(30-41)57(52)7)48(69-9)32-50(65)59-24-16-20-45(59)53(70-10)37(6)46(62)29-40(33-60)27-38-17-15-18-39(26-38)28-43(61)19-13-12-14-23-56-49(64)25-36(5)55(67)68/h15,17-18,26,34-37,40-42,44-45,48,51-53,60H,11-14,16,19-25,27-33H2,1-10H3,(H,56,64)(H,67,68)/t35-,36?,37-,40+,41-,42+,44-,45-,48+,51-,52-,53+/m0/s1. The maximum absolute atomic E-state index is 14.5. The van der Waals surface area contributed by atoms with Crippen molar-refractivity contribution in [2.45, 2.75) is 181 Å². The molecule has 2 saturated heterocycles. The number of hydrogen-bond acceptors (Lipinski definition) is 11. The summed E-state index contributed by atoms with van der Waals surface area (Å²) in [5.41, 5.74) is 1.78. The average Bonchev–Trinajstić information content (AvgIpc) is 4.09. The van der Waals surface area contributed by atoms with E-state index in [1.165, 1.54) is 6.92 Å². The number of rotatable bonds is 32. The number of Topliss-reactive ketones (excluding diaryl/α,β-unsaturated/α-hetero) is 3. The van der Waals surface area contributed by atoms with E-state index in [9.17, 15) is 38.7 Å². The number of benzene rings is 1. The Hall–Kier alpha value is -4.05. The van der Waals surface area contributed by atoms with E-state index < -0.39 is 42.0 Å². The summed E-state index contributed by atoms with van der Waals surface area (Å²) < 4.78 is 12.2. The number of unbranched alkanes of at least 4 members (excludes halogenated alkanes) is 2. The number of nitrogens with zero attached hydrogens (tertiary/aromatic N) is 3. The van der Waals surface area contributed by atoms with Crippen molar-refractivity contribution >= 4 is 41.0 Å². The van der Waals surface area contributed by atoms with Crippen LogP contribution in [-0.2, 0) is 55.9 Å². The van der Waals surface area contributed by atoms with Crippen LogP contribution in [0.4, 0.5) is 0 Å². The number of hydrogen-bond donors (Lipinski definition) is 3. The molecule has 1 aromatic carbocycles. The van der Waals surface area contributed by atoms with Crippen molar-refractivity contribution in [1.29, 1.82) is 0 Å². The molecular formula is C55H88N4O11. The summed E-state index contributed by atoms with van der Waals surface area (Å²) in [6, 6.07) is 7.23. The molecule has 2 heterocycles. The van der Waals surface area contributed by atoms with Crippen molar-refractivity contribution in [1.82, 2.24) is 20.0 Å². The minimum atomic E-state index is -1.01. The molecule has 394 valence electrons. The van der Waals surface area contributed by atoms with Crippen molar-refractivity contribution in [3.63, 3.8) is 0 Å². The Morgan fingerprint density at radius 2 is 1.61 bits per heavy atom. The number of nitrogens with one attached hydrogen (secondary N) is 1. The van der Waals surface area contributed by atoms with Crippen molar-refractivity contribution in [2.24, 2.45) is 41.4 Å². The van der Waals surface area contributed by atoms with Crippen LogP contribution in [0.5, 0.6) is 0 Å². The van der Waals surface area contributed by atoms with Crippen LogP contribution in [0.1, 0.15) is 143 Å². The summed E-state index contributed by atoms with van der Waals surface area (Å²) in [7, 11) is 6.99. The van der Waals surface area contributed by atoms with Crippen molar-refractivity contribution in [2.75, 3.05) is 48.0 Å². The Kier molecular flexibility index (Phi) is 23.6. The summed E-state index contributed by atoms with van der Waals surface area (Å²) in [5, 5.41) is 22.2. The minimum absolute atomic E-state index is 0.00469. The normalized spacial score (nSPS) is 22.5. The molecule has 2 bridgehead atoms. The fraction of sp³-hybridized carbons (Fsp3) is 0.764. The topological polar surface area (TPSA) is 200 Å². The first-order chi connectivity index (χ1) is 33.3. The second-order valence-corrected chi connectivity index (χ2v) is 21.5. The molecule has 1 aromatic rings. The first kappa shape index (κ1) is 58.5. The number of ketones is 3. The van der Waals surface area contributed by atoms with Gasteiger partial charge in [-0.2, -0.15) is 0 Å². The number of carbonyl (C=O) groups excluding carboxylic acids is 6. The van der Waals surface area contributed by atoms with Gasteiger partial charge in [0.2, 0.25) is 17.7 Å². The largest absolute Gasteiger partial charge is 0.481 e. The minimum Gasteiger partial charge on any atom is -0.481 e. The summed E-state index contributed by atoms with van der Waals surface area (Å²) in [6.07, 6.45) is 7.73. The zero-order chi connectivity index (χ0) is 51.8. The molecule has 3 aliphatic rings. The van der Waals surface area contributed by atoms with Gasteiger partial charge in [-0.25, -0.2) is 0 Å². The number of carboxylic acid groups (broad SMARTS) is 1. The molecule has 12 atom stereocenters. The van der Waals surface area contributed by atoms with E-state index in [0.29, 0.717) is 57.2 Å². The fourth-order valence-corrected chi connectivity index (χ4v) is 11.7. The molecular weight excluding hydrogens is 893 g/mol. The van der Waals surface area contributed by atoms with Crippen LogP contribution in [0.3, 0.4) is 0 Å². The molecule has 3 N–H and O–H groups in total. The number of likely N-dealkylation sites (N-methyl/N-ethyl adjacent to an activating group) is 2. The van der Waals surface area contributed by atoms with Crippen LogP contribution in [0, 0.1) is 41.4 Å². The Morgan fingerprint density at radius 1 is 0.900 bits per heavy atom. The lowest BCUT2D eigenvalue weighted by Gasteiger charge is -2.41. The molecule has 3 fully saturated rings. The number of aliphatic carboxylic acids is 1. The molecule has 1 saturated carbocycles. The Balaban J connectivity index is 1.32. The molecule has 1 unspecified atom stereocenters. The number of fused-ring (bicyclic) bond motifs is 2. The van der Waals surface area contributed by atoms with Crippen LogP contribution in [-0.4, -0.2) is 150 Å². The number of aliphatic hydroxyl groups excluding tert-OH is 1. The highest BCUT2D eigenvalue weighted by molar-refractivity contribution is 5.91. The molecule has 15 heteroatoms. The average molecular weight is 981 g/mol. The molecule has 2 aliphatic heterocycles. The SMILES string of the molecule is CC[C@H](C)[C@@H]([C@@H](CC(=O)N1CCC[C@H]1[C@H](OC)[C@@H](C)C(=O)C[C@H](CO)Cc1cccc(CC(=O)CCCCCNC(=O)CC(C)C(=O)O)c1)OC)N(C)C(=O)[C@@H](CC(=O)[C@@H]1[C@H]2CC[C@H](C2)N1C)C(C)C. The molecule has 1 aliphatic carbocycles. The highest BCUT2D eigenvalue weighted by Gasteiger charge is 2.48. The van der Waals surface area contributed by atoms with Gasteiger partial charge in [-0.15, -0.1) is 0 Å². The lowest BCUT2D eigenvalue weighted by molar-refractivity contribution is -0.149. The van der Waals surface area contributed by atoms with E-state index in [1.807, 2.05) is 57.0 Å². The number of methoxy groups -OCH3 is 2. The van der Waals surface area contributed by atoms with E-state index in [4.69, 9.17) is 14.6 Å². The zero-order valence-electron chi connectivity index (χ0n) is 44.2. The van der Waals surface area contributed by atoms with E-state index >= 15 is 0 Å². The molecule has 15 nitrogen and oxygen atoms in total. The monoisotopic (exact) mass is 981 g/mol. The predicted molar refractivity (Wildman–Crippen MR) is 269 cm³/mol. The number of carboxylic acids is 1. The maximum Gasteiger partial charge on any atom is 0.306 e. The number of ether oxygens (including phenoxy) is 2. The van der Waals surface area contributed by atoms with Crippen LogP contribution < -0.4 is 5.32 Å². The van der Waals surface area contributed by atoms with Gasteiger partial charge in [0.1, 0.15) is 11.6 Å². The summed E-state index contributed by atoms with van der Waals surface area (Å²) in [5.74, 6) is -3.21. The number of aliphatic hydroxyl groups is 1. The van der Waals surface area contributed by atoms with Crippen LogP contribution in [0.25, 0.3) is 0 Å². The van der Waals surface area contributed by atoms with E-state index in [0.717, 1.165) is 49.7 Å². The smallest absolute Gasteiger partial charge is 0.306 e. The van der Waals surface area contributed by atoms with Gasteiger partial charge < -0.3 is 34.8 Å². The van der Waals surface area contributed by atoms with Gasteiger partial charge >= 0.3 is 5.97 Å². The first-order valence-corrected chi connectivity index (χ1v) is 26.3. The number of amides is 3. The number of likely N-dealkylation sites (tertiary alicyclic amines) is 2. The number of carbonyl (C=O) groups is 7. The third-order valence-electron chi connectivity index (χ3n) is 16.2. The van der Waals surface area contributed by atoms with Gasteiger partial charge in [0.05, 0.1) is 42.7 Å². The van der Waals surface area contributed by atoms with Crippen LogP contribution in [0.2, 0.25) is 0 Å². The Labute approximate surface area is 418 Å². The number of piperidine rings is 1. The van der Waals surface area contributed by atoms with Gasteiger partial charge in [0.15, 0.2) is 5.78 Å². The molecule has 0 radical (unpaired) electrons. The first-order valence-electron chi connectivity index (χ1n) is 26.3. The summed E-state index contributed by atoms with van der Waals surface area (Å²) in [6.45, 7) is 12.2. The summed E-state index contributed by atoms with van der Waals surface area (Å²) in [4.78, 5) is 98.3. The maximum atomic E-state index is 14.5. The third kappa shape index (κ3) is 16.0. The van der Waals surface area contributed by atoms with Gasteiger partial charge in [-0.1, -0.05) is 78.6 Å². The second kappa shape index (κ2) is 28.3. The van der Waals surface area contributed by atoms with Gasteiger partial charge in [0, 0.05) is 90.9 Å². The van der Waals surface area contributed by atoms with E-state index in [-0.39, 0.29) is 104 Å². The molecule has 0 aromatic heterocycles. The van der Waals surface area contributed by atoms with Crippen molar-refractivity contribution in [3.8, 4) is 0 Å². The predicted octanol–water partition coefficient (Wildman–Crippen LogP) is 6.33. The highest BCUT2D eigenvalue weighted by atomic mass is 16.5. The van der Waals surface area contributed by atoms with Gasteiger partial charge in [-0.3, -0.25) is 38.5 Å². The third-order valence-corrected chi connectivity index (χ3v) is 16.2. The van der Waals surface area contributed by atoms with Crippen LogP contribution in [0.15, 0.2) is 24.3 Å². The quantitative estimate of drug-likeness (QED) is 0.0679. The van der Waals surface area contributed by atoms with E-state index in [2.05, 4.69) is 24.1 Å². The van der Waals surface area contributed by atoms with Gasteiger partial charge in [0.25, 0.3) is 0 Å². The Morgan fingerprint density at radius 3 is 2.23 bits per heavy atom. The molecule has 70 heavy (non-hydrogen) atoms. The Bertz CT molecular complexity index is 1910. The molecule has 3 amide bonds. The van der Waals surface area contributed by atoms with Crippen molar-refractivity contribution < 1.29 is 53.2 Å². The zero-order valence-corrected chi connectivity index (χ0v) is 44.2. The fourth-order valence-electron chi connectivity index (χ4n) is 11.7. The molecule has 0 spiro atoms. The van der Waals surface area contributed by atoms with Crippen molar-refractivity contribution in [3.05, 3.63) is 35.4 Å². The summed E-state index contributed by atoms with van der Waals surface area (Å²) >= 11 is 0. The van der Waals surface area contributed by atoms with Gasteiger partial charge in [-0.05, 0) is 93.2 Å². The lowest BCUT2D eigenvalue weighted by Crippen LogP contribution is -2.54. The lowest BCUT2D eigenvalue weighted by atomic mass is 9.83.